The van der Waals surface area contributed by atoms with Gasteiger partial charge in [0.1, 0.15) is 0 Å². The summed E-state index contributed by atoms with van der Waals surface area (Å²) in [7, 11) is 0. The van der Waals surface area contributed by atoms with Crippen molar-refractivity contribution in [2.24, 2.45) is 5.84 Å². The molecule has 48 heavy (non-hydrogen) atoms. The predicted molar refractivity (Wildman–Crippen MR) is 204 cm³/mol. The molecule has 0 radical (unpaired) electrons. The number of para-hydroxylation sites is 4. The molecule has 7 rings (SSSR count). The third-order valence-electron chi connectivity index (χ3n) is 7.07. The standard InChI is InChI=1S/C16H14N2O.C10H9NO2.C6H8N2.4C2H6/c19-15-9-12-10-5-1-3-7-13(10)18-16(12)11-6-2-4-8-14(11)17-15;12-9-5-6-10(13)11-8-4-2-1-3-7(8)9;7-8-6-4-2-1-3-5-6;4*1-2/h1-8,12,16,18H,9H2,(H,17,19);1-4H,5-6H2,(H,11,13);1-5,8H,7H2;4*1-2H3. The maximum absolute atomic E-state index is 12.1. The Bertz CT molecular complexity index is 1520. The summed E-state index contributed by atoms with van der Waals surface area (Å²) in [6.45, 7) is 16.0. The van der Waals surface area contributed by atoms with E-state index in [1.807, 2.05) is 116 Å². The zero-order valence-corrected chi connectivity index (χ0v) is 29.9. The Hall–Kier alpha value is -4.95. The molecule has 4 aromatic carbocycles. The van der Waals surface area contributed by atoms with Crippen LogP contribution < -0.4 is 27.2 Å². The van der Waals surface area contributed by atoms with E-state index >= 15 is 0 Å². The third kappa shape index (κ3) is 11.7. The topological polar surface area (TPSA) is 125 Å². The molecule has 258 valence electrons. The van der Waals surface area contributed by atoms with E-state index < -0.39 is 0 Å². The van der Waals surface area contributed by atoms with Crippen molar-refractivity contribution in [2.75, 3.05) is 21.4 Å². The van der Waals surface area contributed by atoms with Gasteiger partial charge >= 0.3 is 0 Å². The minimum Gasteiger partial charge on any atom is -0.377 e. The summed E-state index contributed by atoms with van der Waals surface area (Å²) in [6, 6.07) is 33.2. The van der Waals surface area contributed by atoms with Crippen LogP contribution in [0.2, 0.25) is 0 Å². The van der Waals surface area contributed by atoms with Crippen molar-refractivity contribution in [3.63, 3.8) is 0 Å². The van der Waals surface area contributed by atoms with E-state index in [-0.39, 0.29) is 36.0 Å². The lowest BCUT2D eigenvalue weighted by Crippen LogP contribution is -2.13. The lowest BCUT2D eigenvalue weighted by atomic mass is 9.88. The fourth-order valence-corrected chi connectivity index (χ4v) is 5.15. The smallest absolute Gasteiger partial charge is 0.225 e. The molecule has 2 unspecified atom stereocenters. The Morgan fingerprint density at radius 2 is 1.06 bits per heavy atom. The average Bonchev–Trinajstić information content (AvgIpc) is 3.36. The SMILES string of the molecule is CC.CC.CC.CC.NNc1ccccc1.O=C1CC2c3ccccc3NC2c2ccccc2N1.O=C1CCC(=O)c2ccccc2N1. The molecule has 0 saturated heterocycles. The first-order valence-corrected chi connectivity index (χ1v) is 17.2. The zero-order chi connectivity index (χ0) is 35.9. The molecule has 0 saturated carbocycles. The van der Waals surface area contributed by atoms with Crippen molar-refractivity contribution in [3.05, 3.63) is 120 Å². The second-order valence-electron chi connectivity index (χ2n) is 9.68. The molecule has 3 aliphatic rings. The summed E-state index contributed by atoms with van der Waals surface area (Å²) in [5.74, 6) is 5.37. The van der Waals surface area contributed by atoms with Gasteiger partial charge in [-0.05, 0) is 47.5 Å². The quantitative estimate of drug-likeness (QED) is 0.103. The Morgan fingerprint density at radius 3 is 1.67 bits per heavy atom. The van der Waals surface area contributed by atoms with Gasteiger partial charge in [0, 0.05) is 47.8 Å². The van der Waals surface area contributed by atoms with Gasteiger partial charge in [0.25, 0.3) is 0 Å². The van der Waals surface area contributed by atoms with E-state index in [1.54, 1.807) is 24.3 Å². The van der Waals surface area contributed by atoms with Crippen LogP contribution in [0.1, 0.15) is 108 Å². The highest BCUT2D eigenvalue weighted by Crippen LogP contribution is 2.48. The number of nitrogen functional groups attached to an aromatic ring is 1. The number of nitrogens with two attached hydrogens (primary N) is 1. The molecule has 3 aliphatic heterocycles. The van der Waals surface area contributed by atoms with Crippen LogP contribution in [0, 0.1) is 0 Å². The number of amides is 2. The highest BCUT2D eigenvalue weighted by Gasteiger charge is 2.37. The number of benzene rings is 4. The van der Waals surface area contributed by atoms with Gasteiger partial charge in [-0.1, -0.05) is 122 Å². The fourth-order valence-electron chi connectivity index (χ4n) is 5.15. The van der Waals surface area contributed by atoms with Crippen LogP contribution in [0.25, 0.3) is 0 Å². The van der Waals surface area contributed by atoms with Gasteiger partial charge < -0.3 is 21.4 Å². The van der Waals surface area contributed by atoms with Crippen molar-refractivity contribution >= 4 is 40.3 Å². The van der Waals surface area contributed by atoms with Crippen LogP contribution in [0.3, 0.4) is 0 Å². The van der Waals surface area contributed by atoms with E-state index in [1.165, 1.54) is 11.1 Å². The van der Waals surface area contributed by atoms with Gasteiger partial charge in [-0.15, -0.1) is 0 Å². The van der Waals surface area contributed by atoms with Crippen molar-refractivity contribution in [2.45, 2.75) is 86.6 Å². The summed E-state index contributed by atoms with van der Waals surface area (Å²) < 4.78 is 0. The highest BCUT2D eigenvalue weighted by atomic mass is 16.2. The minimum absolute atomic E-state index is 0.0361. The van der Waals surface area contributed by atoms with Gasteiger partial charge in [-0.3, -0.25) is 20.2 Å². The molecule has 0 aromatic heterocycles. The van der Waals surface area contributed by atoms with Gasteiger partial charge in [-0.2, -0.15) is 0 Å². The molecular weight excluding hydrogens is 598 g/mol. The Morgan fingerprint density at radius 1 is 0.562 bits per heavy atom. The minimum atomic E-state index is -0.0849. The molecule has 0 spiro atoms. The molecule has 0 aliphatic carbocycles. The number of Topliss-reactive ketones (excluding diaryl/α,β-unsaturated/α-hetero) is 1. The maximum atomic E-state index is 12.1. The number of rotatable bonds is 1. The van der Waals surface area contributed by atoms with E-state index in [9.17, 15) is 14.4 Å². The van der Waals surface area contributed by atoms with Gasteiger partial charge in [0.2, 0.25) is 11.8 Å². The number of carbonyl (C=O) groups is 3. The number of hydrazine groups is 1. The first-order valence-electron chi connectivity index (χ1n) is 17.2. The van der Waals surface area contributed by atoms with Crippen molar-refractivity contribution in [1.29, 1.82) is 0 Å². The van der Waals surface area contributed by atoms with Crippen LogP contribution in [0.5, 0.6) is 0 Å². The van der Waals surface area contributed by atoms with Crippen LogP contribution in [-0.4, -0.2) is 17.6 Å². The number of carbonyl (C=O) groups excluding carboxylic acids is 3. The molecule has 8 nitrogen and oxygen atoms in total. The van der Waals surface area contributed by atoms with E-state index in [0.29, 0.717) is 24.1 Å². The molecule has 3 heterocycles. The lowest BCUT2D eigenvalue weighted by molar-refractivity contribution is -0.117. The summed E-state index contributed by atoms with van der Waals surface area (Å²) in [5.41, 5.74) is 9.23. The molecule has 6 N–H and O–H groups in total. The Labute approximate surface area is 287 Å². The van der Waals surface area contributed by atoms with E-state index in [2.05, 4.69) is 39.6 Å². The van der Waals surface area contributed by atoms with Gasteiger partial charge in [-0.25, -0.2) is 0 Å². The number of nitrogens with one attached hydrogen (secondary N) is 4. The second kappa shape index (κ2) is 23.4. The first-order chi connectivity index (χ1) is 23.5. The number of anilines is 4. The van der Waals surface area contributed by atoms with Crippen molar-refractivity contribution < 1.29 is 14.4 Å². The van der Waals surface area contributed by atoms with Crippen LogP contribution in [0.15, 0.2) is 103 Å². The molecule has 0 bridgehead atoms. The lowest BCUT2D eigenvalue weighted by Gasteiger charge is -2.18. The second-order valence-corrected chi connectivity index (χ2v) is 9.68. The summed E-state index contributed by atoms with van der Waals surface area (Å²) in [6.07, 6.45) is 1.12. The van der Waals surface area contributed by atoms with Crippen molar-refractivity contribution in [1.82, 2.24) is 0 Å². The first kappa shape index (κ1) is 41.1. The molecule has 8 heteroatoms. The van der Waals surface area contributed by atoms with E-state index in [4.69, 9.17) is 5.84 Å². The molecule has 4 aromatic rings. The van der Waals surface area contributed by atoms with Gasteiger partial charge in [0.05, 0.1) is 11.7 Å². The normalized spacial score (nSPS) is 15.6. The monoisotopic (exact) mass is 653 g/mol. The third-order valence-corrected chi connectivity index (χ3v) is 7.07. The maximum Gasteiger partial charge on any atom is 0.225 e. The van der Waals surface area contributed by atoms with Crippen molar-refractivity contribution in [3.8, 4) is 0 Å². The fraction of sp³-hybridized carbons (Fsp3) is 0.325. The highest BCUT2D eigenvalue weighted by molar-refractivity contribution is 6.09. The number of ketones is 1. The summed E-state index contributed by atoms with van der Waals surface area (Å²) >= 11 is 0. The van der Waals surface area contributed by atoms with E-state index in [0.717, 1.165) is 17.1 Å². The molecule has 0 fully saturated rings. The summed E-state index contributed by atoms with van der Waals surface area (Å²) in [4.78, 5) is 34.6. The van der Waals surface area contributed by atoms with Gasteiger partial charge in [0.15, 0.2) is 5.78 Å². The molecule has 2 atom stereocenters. The Kier molecular flexibility index (Phi) is 20.0. The Balaban J connectivity index is 0.000000347. The molecule has 2 amide bonds. The summed E-state index contributed by atoms with van der Waals surface area (Å²) in [5, 5.41) is 9.26. The molecular formula is C40H55N5O3. The predicted octanol–water partition coefficient (Wildman–Crippen LogP) is 9.96. The largest absolute Gasteiger partial charge is 0.377 e. The van der Waals surface area contributed by atoms with Crippen LogP contribution in [-0.2, 0) is 9.59 Å². The number of hydrogen-bond donors (Lipinski definition) is 5. The number of hydrogen-bond acceptors (Lipinski definition) is 6. The average molecular weight is 654 g/mol. The van der Waals surface area contributed by atoms with Crippen LogP contribution >= 0.6 is 0 Å². The van der Waals surface area contributed by atoms with Crippen LogP contribution in [0.4, 0.5) is 22.7 Å². The zero-order valence-electron chi connectivity index (χ0n) is 29.9. The number of fused-ring (bicyclic) bond motifs is 6.